The highest BCUT2D eigenvalue weighted by molar-refractivity contribution is 5.77. The number of nitrogens with one attached hydrogen (secondary N) is 1. The van der Waals surface area contributed by atoms with Gasteiger partial charge in [-0.1, -0.05) is 25.1 Å². The molecule has 0 amide bonds. The highest BCUT2D eigenvalue weighted by Gasteiger charge is 2.14. The van der Waals surface area contributed by atoms with Crippen LogP contribution in [0.5, 0.6) is 0 Å². The van der Waals surface area contributed by atoms with Crippen molar-refractivity contribution in [2.24, 2.45) is 0 Å². The van der Waals surface area contributed by atoms with E-state index < -0.39 is 5.76 Å². The molecule has 1 N–H and O–H groups in total. The molecule has 2 heterocycles. The van der Waals surface area contributed by atoms with E-state index in [-0.39, 0.29) is 0 Å². The Labute approximate surface area is 130 Å². The van der Waals surface area contributed by atoms with Crippen LogP contribution in [0.25, 0.3) is 34.0 Å². The highest BCUT2D eigenvalue weighted by Crippen LogP contribution is 2.27. The molecule has 4 aromatic rings. The van der Waals surface area contributed by atoms with Crippen molar-refractivity contribution in [2.75, 3.05) is 0 Å². The summed E-state index contributed by atoms with van der Waals surface area (Å²) in [7, 11) is 0. The van der Waals surface area contributed by atoms with Gasteiger partial charge >= 0.3 is 5.76 Å². The molecule has 0 radical (unpaired) electrons. The molecule has 0 saturated heterocycles. The third kappa shape index (κ3) is 2.34. The van der Waals surface area contributed by atoms with E-state index in [1.165, 1.54) is 0 Å². The lowest BCUT2D eigenvalue weighted by atomic mass is 10.1. The van der Waals surface area contributed by atoms with E-state index in [9.17, 15) is 4.79 Å². The number of nitrogens with zero attached hydrogens (tertiary/aromatic N) is 2. The molecule has 0 aliphatic carbocycles. The quantitative estimate of drug-likeness (QED) is 0.627. The zero-order chi connectivity index (χ0) is 15.8. The minimum Gasteiger partial charge on any atom is -0.416 e. The summed E-state index contributed by atoms with van der Waals surface area (Å²) in [5.41, 5.74) is 3.88. The summed E-state index contributed by atoms with van der Waals surface area (Å²) in [6.07, 6.45) is 0.883. The molecular weight excluding hydrogens is 294 g/mol. The number of rotatable bonds is 3. The fraction of sp³-hybridized carbons (Fsp3) is 0.118. The summed E-state index contributed by atoms with van der Waals surface area (Å²) in [6, 6.07) is 13.2. The van der Waals surface area contributed by atoms with Gasteiger partial charge in [-0.05, 0) is 36.2 Å². The smallest absolute Gasteiger partial charge is 0.416 e. The minimum atomic E-state index is -0.486. The fourth-order valence-electron chi connectivity index (χ4n) is 2.56. The number of hydrogen-bond acceptors (Lipinski definition) is 5. The minimum absolute atomic E-state index is 0.386. The zero-order valence-corrected chi connectivity index (χ0v) is 12.4. The molecule has 23 heavy (non-hydrogen) atoms. The second kappa shape index (κ2) is 5.24. The summed E-state index contributed by atoms with van der Waals surface area (Å²) in [5, 5.41) is 8.25. The average molecular weight is 307 g/mol. The van der Waals surface area contributed by atoms with Crippen LogP contribution in [0.4, 0.5) is 0 Å². The van der Waals surface area contributed by atoms with Crippen LogP contribution in [0, 0.1) is 0 Å². The fourth-order valence-corrected chi connectivity index (χ4v) is 2.56. The molecule has 2 aromatic heterocycles. The van der Waals surface area contributed by atoms with Gasteiger partial charge in [-0.2, -0.15) is 0 Å². The largest absolute Gasteiger partial charge is 0.417 e. The summed E-state index contributed by atoms with van der Waals surface area (Å²) >= 11 is 0. The first-order chi connectivity index (χ1) is 11.2. The topological polar surface area (TPSA) is 84.9 Å². The summed E-state index contributed by atoms with van der Waals surface area (Å²) in [5.74, 6) is 0.380. The number of oxazole rings is 1. The lowest BCUT2D eigenvalue weighted by molar-refractivity contribution is 0.554. The van der Waals surface area contributed by atoms with E-state index in [0.29, 0.717) is 28.4 Å². The Hall–Kier alpha value is -3.15. The van der Waals surface area contributed by atoms with E-state index >= 15 is 0 Å². The Balaban J connectivity index is 1.78. The van der Waals surface area contributed by atoms with Crippen molar-refractivity contribution in [3.05, 3.63) is 58.6 Å². The molecule has 0 saturated carbocycles. The summed E-state index contributed by atoms with van der Waals surface area (Å²) < 4.78 is 10.9. The molecule has 4 rings (SSSR count). The van der Waals surface area contributed by atoms with E-state index in [1.807, 2.05) is 24.3 Å². The number of H-pyrrole nitrogens is 1. The Morgan fingerprint density at radius 1 is 1.04 bits per heavy atom. The summed E-state index contributed by atoms with van der Waals surface area (Å²) in [6.45, 7) is 2.08. The highest BCUT2D eigenvalue weighted by atomic mass is 16.4. The van der Waals surface area contributed by atoms with Crippen molar-refractivity contribution in [3.8, 4) is 22.9 Å². The molecule has 0 spiro atoms. The van der Waals surface area contributed by atoms with Crippen LogP contribution in [0.3, 0.4) is 0 Å². The number of fused-ring (bicyclic) bond motifs is 1. The standard InChI is InChI=1S/C17H13N3O3/c1-2-10-5-3-4-6-12(10)16-20-19-15(23-16)11-7-8-13-14(9-11)22-17(21)18-13/h3-9H,2H2,1H3,(H,18,21). The predicted octanol–water partition coefficient (Wildman–Crippen LogP) is 3.40. The normalized spacial score (nSPS) is 11.2. The van der Waals surface area contributed by atoms with E-state index in [2.05, 4.69) is 22.1 Å². The first-order valence-electron chi connectivity index (χ1n) is 7.29. The maximum atomic E-state index is 11.2. The maximum Gasteiger partial charge on any atom is 0.417 e. The van der Waals surface area contributed by atoms with Gasteiger partial charge in [0.15, 0.2) is 5.58 Å². The van der Waals surface area contributed by atoms with Gasteiger partial charge in [0.1, 0.15) is 0 Å². The van der Waals surface area contributed by atoms with Gasteiger partial charge in [-0.15, -0.1) is 10.2 Å². The van der Waals surface area contributed by atoms with Crippen molar-refractivity contribution < 1.29 is 8.83 Å². The molecule has 0 atom stereocenters. The van der Waals surface area contributed by atoms with Gasteiger partial charge in [-0.3, -0.25) is 4.98 Å². The monoisotopic (exact) mass is 307 g/mol. The van der Waals surface area contributed by atoms with Crippen LogP contribution in [0.15, 0.2) is 56.1 Å². The second-order valence-electron chi connectivity index (χ2n) is 5.15. The first-order valence-corrected chi connectivity index (χ1v) is 7.29. The summed E-state index contributed by atoms with van der Waals surface area (Å²) in [4.78, 5) is 13.8. The third-order valence-electron chi connectivity index (χ3n) is 3.72. The number of hydrogen-bond donors (Lipinski definition) is 1. The van der Waals surface area contributed by atoms with Crippen molar-refractivity contribution in [3.63, 3.8) is 0 Å². The molecule has 6 heteroatoms. The number of aromatic amines is 1. The number of aryl methyl sites for hydroxylation is 1. The molecular formula is C17H13N3O3. The van der Waals surface area contributed by atoms with E-state index in [1.54, 1.807) is 18.2 Å². The van der Waals surface area contributed by atoms with Gasteiger partial charge in [0.2, 0.25) is 11.8 Å². The van der Waals surface area contributed by atoms with Gasteiger partial charge in [0.25, 0.3) is 0 Å². The van der Waals surface area contributed by atoms with Crippen LogP contribution in [-0.2, 0) is 6.42 Å². The van der Waals surface area contributed by atoms with Crippen molar-refractivity contribution in [1.29, 1.82) is 0 Å². The zero-order valence-electron chi connectivity index (χ0n) is 12.4. The third-order valence-corrected chi connectivity index (χ3v) is 3.72. The van der Waals surface area contributed by atoms with Crippen molar-refractivity contribution >= 4 is 11.1 Å². The number of aromatic nitrogens is 3. The lowest BCUT2D eigenvalue weighted by Gasteiger charge is -2.02. The number of benzene rings is 2. The maximum absolute atomic E-state index is 11.2. The molecule has 0 fully saturated rings. The van der Waals surface area contributed by atoms with Crippen LogP contribution >= 0.6 is 0 Å². The van der Waals surface area contributed by atoms with Gasteiger partial charge in [-0.25, -0.2) is 4.79 Å². The Morgan fingerprint density at radius 3 is 2.74 bits per heavy atom. The Kier molecular flexibility index (Phi) is 3.08. The van der Waals surface area contributed by atoms with Crippen LogP contribution in [-0.4, -0.2) is 15.2 Å². The molecule has 2 aromatic carbocycles. The average Bonchev–Trinajstić information content (AvgIpc) is 3.19. The molecule has 6 nitrogen and oxygen atoms in total. The second-order valence-corrected chi connectivity index (χ2v) is 5.15. The van der Waals surface area contributed by atoms with E-state index in [4.69, 9.17) is 8.83 Å². The molecule has 0 unspecified atom stereocenters. The van der Waals surface area contributed by atoms with Gasteiger partial charge in [0.05, 0.1) is 5.52 Å². The Bertz CT molecular complexity index is 1040. The molecule has 0 bridgehead atoms. The van der Waals surface area contributed by atoms with Gasteiger partial charge < -0.3 is 8.83 Å². The lowest BCUT2D eigenvalue weighted by Crippen LogP contribution is -1.92. The first kappa shape index (κ1) is 13.5. The molecule has 114 valence electrons. The molecule has 0 aliphatic rings. The van der Waals surface area contributed by atoms with E-state index in [0.717, 1.165) is 17.5 Å². The Morgan fingerprint density at radius 2 is 1.87 bits per heavy atom. The predicted molar refractivity (Wildman–Crippen MR) is 84.9 cm³/mol. The van der Waals surface area contributed by atoms with Gasteiger partial charge in [0, 0.05) is 11.1 Å². The van der Waals surface area contributed by atoms with Crippen LogP contribution in [0.1, 0.15) is 12.5 Å². The van der Waals surface area contributed by atoms with Crippen LogP contribution in [0.2, 0.25) is 0 Å². The molecule has 0 aliphatic heterocycles. The van der Waals surface area contributed by atoms with Crippen LogP contribution < -0.4 is 5.76 Å². The van der Waals surface area contributed by atoms with Crippen molar-refractivity contribution in [2.45, 2.75) is 13.3 Å². The van der Waals surface area contributed by atoms with Crippen molar-refractivity contribution in [1.82, 2.24) is 15.2 Å². The SMILES string of the molecule is CCc1ccccc1-c1nnc(-c2ccc3[nH]c(=O)oc3c2)o1.